The van der Waals surface area contributed by atoms with Crippen LogP contribution >= 0.6 is 22.6 Å². The number of allylic oxidation sites excluding steroid dienone is 1. The summed E-state index contributed by atoms with van der Waals surface area (Å²) in [6, 6.07) is 10.2. The first-order valence-electron chi connectivity index (χ1n) is 8.76. The minimum absolute atomic E-state index is 0.0643. The molecule has 0 aliphatic rings. The highest BCUT2D eigenvalue weighted by Crippen LogP contribution is 2.36. The Morgan fingerprint density at radius 3 is 2.86 bits per heavy atom. The molecular formula is C21H19FIN3O2. The van der Waals surface area contributed by atoms with E-state index in [2.05, 4.69) is 45.6 Å². The van der Waals surface area contributed by atoms with Crippen LogP contribution in [-0.2, 0) is 0 Å². The highest BCUT2D eigenvalue weighted by Gasteiger charge is 2.15. The molecule has 3 rings (SSSR count). The first kappa shape index (κ1) is 20.1. The van der Waals surface area contributed by atoms with Crippen molar-refractivity contribution in [1.29, 1.82) is 5.26 Å². The molecule has 0 aliphatic heterocycles. The normalized spacial score (nSPS) is 12.6. The third-order valence-corrected chi connectivity index (χ3v) is 5.08. The van der Waals surface area contributed by atoms with E-state index < -0.39 is 0 Å². The number of imidazole rings is 1. The van der Waals surface area contributed by atoms with Crippen LogP contribution in [0.3, 0.4) is 0 Å². The largest absolute Gasteiger partial charge is 0.493 e. The van der Waals surface area contributed by atoms with Crippen LogP contribution in [-0.4, -0.2) is 23.2 Å². The number of hydrogen-bond donors (Lipinski definition) is 1. The fourth-order valence-corrected chi connectivity index (χ4v) is 3.40. The second-order valence-corrected chi connectivity index (χ2v) is 7.45. The van der Waals surface area contributed by atoms with Gasteiger partial charge >= 0.3 is 0 Å². The Kier molecular flexibility index (Phi) is 6.19. The molecule has 1 N–H and O–H groups in total. The maximum Gasteiger partial charge on any atom is 0.174 e. The van der Waals surface area contributed by atoms with Gasteiger partial charge in [0, 0.05) is 0 Å². The van der Waals surface area contributed by atoms with Crippen molar-refractivity contribution in [3.63, 3.8) is 0 Å². The number of methoxy groups -OCH3 is 1. The van der Waals surface area contributed by atoms with Gasteiger partial charge in [-0.15, -0.1) is 0 Å². The molecule has 7 heteroatoms. The molecule has 0 bridgehead atoms. The van der Waals surface area contributed by atoms with Crippen molar-refractivity contribution < 1.29 is 13.9 Å². The molecule has 1 atom stereocenters. The lowest BCUT2D eigenvalue weighted by atomic mass is 10.1. The molecule has 2 aromatic carbocycles. The summed E-state index contributed by atoms with van der Waals surface area (Å²) in [5, 5.41) is 9.61. The Balaban J connectivity index is 2.02. The quantitative estimate of drug-likeness (QED) is 0.362. The minimum atomic E-state index is -0.360. The van der Waals surface area contributed by atoms with Gasteiger partial charge in [-0.3, -0.25) is 0 Å². The molecular weight excluding hydrogens is 472 g/mol. The average Bonchev–Trinajstić information content (AvgIpc) is 3.10. The van der Waals surface area contributed by atoms with E-state index in [4.69, 9.17) is 9.47 Å². The number of benzene rings is 2. The standard InChI is InChI=1S/C21H19FIN3O2/c1-4-12(2)28-20-16(23)8-13(9-19(20)27-3)7-14(11-24)21-25-17-6-5-15(22)10-18(17)26-21/h5-10,12H,4H2,1-3H3,(H,25,26)/b14-7-/t12-/m0/s1. The van der Waals surface area contributed by atoms with Crippen LogP contribution in [0.25, 0.3) is 22.7 Å². The maximum absolute atomic E-state index is 13.4. The Labute approximate surface area is 176 Å². The van der Waals surface area contributed by atoms with E-state index in [0.717, 1.165) is 15.6 Å². The van der Waals surface area contributed by atoms with Crippen molar-refractivity contribution >= 4 is 45.3 Å². The Bertz CT molecular complexity index is 1090. The van der Waals surface area contributed by atoms with Crippen LogP contribution < -0.4 is 9.47 Å². The van der Waals surface area contributed by atoms with Crippen molar-refractivity contribution in [3.05, 3.63) is 51.1 Å². The smallest absolute Gasteiger partial charge is 0.174 e. The molecule has 3 aromatic rings. The zero-order valence-corrected chi connectivity index (χ0v) is 17.9. The summed E-state index contributed by atoms with van der Waals surface area (Å²) in [6.45, 7) is 4.06. The lowest BCUT2D eigenvalue weighted by Gasteiger charge is -2.17. The molecule has 1 heterocycles. The summed E-state index contributed by atoms with van der Waals surface area (Å²) >= 11 is 2.19. The van der Waals surface area contributed by atoms with Crippen molar-refractivity contribution in [3.8, 4) is 17.6 Å². The van der Waals surface area contributed by atoms with Gasteiger partial charge in [-0.25, -0.2) is 9.37 Å². The van der Waals surface area contributed by atoms with Crippen LogP contribution in [0, 0.1) is 20.7 Å². The third kappa shape index (κ3) is 4.28. The van der Waals surface area contributed by atoms with Gasteiger partial charge < -0.3 is 14.5 Å². The van der Waals surface area contributed by atoms with Crippen LogP contribution in [0.1, 0.15) is 31.7 Å². The number of aromatic amines is 1. The van der Waals surface area contributed by atoms with Gasteiger partial charge in [-0.05, 0) is 77.9 Å². The zero-order chi connectivity index (χ0) is 20.3. The summed E-state index contributed by atoms with van der Waals surface area (Å²) in [6.07, 6.45) is 2.66. The molecule has 5 nitrogen and oxygen atoms in total. The van der Waals surface area contributed by atoms with Gasteiger partial charge in [0.05, 0.1) is 33.4 Å². The number of ether oxygens (including phenoxy) is 2. The van der Waals surface area contributed by atoms with Crippen LogP contribution in [0.5, 0.6) is 11.5 Å². The summed E-state index contributed by atoms with van der Waals surface area (Å²) < 4.78 is 25.7. The van der Waals surface area contributed by atoms with Gasteiger partial charge in [0.25, 0.3) is 0 Å². The molecule has 0 saturated carbocycles. The summed E-state index contributed by atoms with van der Waals surface area (Å²) in [4.78, 5) is 7.38. The van der Waals surface area contributed by atoms with Gasteiger partial charge in [0.2, 0.25) is 0 Å². The predicted octanol–water partition coefficient (Wildman–Crippen LogP) is 5.56. The number of rotatable bonds is 6. The first-order chi connectivity index (χ1) is 13.4. The average molecular weight is 491 g/mol. The Morgan fingerprint density at radius 2 is 2.18 bits per heavy atom. The van der Waals surface area contributed by atoms with Gasteiger partial charge in [-0.2, -0.15) is 5.26 Å². The molecule has 0 fully saturated rings. The Morgan fingerprint density at radius 1 is 1.39 bits per heavy atom. The van der Waals surface area contributed by atoms with Crippen molar-refractivity contribution in [2.45, 2.75) is 26.4 Å². The molecule has 0 radical (unpaired) electrons. The first-order valence-corrected chi connectivity index (χ1v) is 9.84. The topological polar surface area (TPSA) is 70.9 Å². The van der Waals surface area contributed by atoms with Gasteiger partial charge in [0.1, 0.15) is 17.7 Å². The molecule has 28 heavy (non-hydrogen) atoms. The molecule has 0 amide bonds. The number of nitrogens with zero attached hydrogens (tertiary/aromatic N) is 2. The van der Waals surface area contributed by atoms with E-state index in [1.54, 1.807) is 19.3 Å². The van der Waals surface area contributed by atoms with E-state index in [0.29, 0.717) is 33.9 Å². The second-order valence-electron chi connectivity index (χ2n) is 6.29. The molecule has 0 saturated heterocycles. The number of fused-ring (bicyclic) bond motifs is 1. The van der Waals surface area contributed by atoms with E-state index in [1.165, 1.54) is 12.1 Å². The fourth-order valence-electron chi connectivity index (χ4n) is 2.65. The number of H-pyrrole nitrogens is 1. The zero-order valence-electron chi connectivity index (χ0n) is 15.7. The molecule has 0 spiro atoms. The second kappa shape index (κ2) is 8.61. The lowest BCUT2D eigenvalue weighted by molar-refractivity contribution is 0.206. The van der Waals surface area contributed by atoms with Crippen molar-refractivity contribution in [2.24, 2.45) is 0 Å². The number of aromatic nitrogens is 2. The van der Waals surface area contributed by atoms with E-state index >= 15 is 0 Å². The number of nitrogens with one attached hydrogen (secondary N) is 1. The number of halogens is 2. The third-order valence-electron chi connectivity index (χ3n) is 4.28. The number of hydrogen-bond acceptors (Lipinski definition) is 4. The Hall–Kier alpha value is -2.60. The van der Waals surface area contributed by atoms with Crippen LogP contribution in [0.15, 0.2) is 30.3 Å². The molecule has 1 aromatic heterocycles. The van der Waals surface area contributed by atoms with Crippen molar-refractivity contribution in [2.75, 3.05) is 7.11 Å². The molecule has 0 aliphatic carbocycles. The van der Waals surface area contributed by atoms with Crippen LogP contribution in [0.4, 0.5) is 4.39 Å². The number of nitriles is 1. The summed E-state index contributed by atoms with van der Waals surface area (Å²) in [5.41, 5.74) is 2.26. The van der Waals surface area contributed by atoms with Gasteiger partial charge in [-0.1, -0.05) is 6.92 Å². The highest BCUT2D eigenvalue weighted by molar-refractivity contribution is 14.1. The lowest BCUT2D eigenvalue weighted by Crippen LogP contribution is -2.11. The maximum atomic E-state index is 13.4. The SMILES string of the molecule is CC[C@H](C)Oc1c(I)cc(/C=C(/C#N)c2nc3ccc(F)cc3[nH]2)cc1OC. The fraction of sp³-hybridized carbons (Fsp3) is 0.238. The monoisotopic (exact) mass is 491 g/mol. The summed E-state index contributed by atoms with van der Waals surface area (Å²) in [5.74, 6) is 1.31. The van der Waals surface area contributed by atoms with Gasteiger partial charge in [0.15, 0.2) is 11.5 Å². The minimum Gasteiger partial charge on any atom is -0.493 e. The van der Waals surface area contributed by atoms with E-state index in [1.807, 2.05) is 19.1 Å². The van der Waals surface area contributed by atoms with E-state index in [-0.39, 0.29) is 11.9 Å². The van der Waals surface area contributed by atoms with Crippen molar-refractivity contribution in [1.82, 2.24) is 9.97 Å². The summed E-state index contributed by atoms with van der Waals surface area (Å²) in [7, 11) is 1.58. The van der Waals surface area contributed by atoms with E-state index in [9.17, 15) is 9.65 Å². The molecule has 0 unspecified atom stereocenters. The van der Waals surface area contributed by atoms with Crippen LogP contribution in [0.2, 0.25) is 0 Å². The predicted molar refractivity (Wildman–Crippen MR) is 116 cm³/mol. The highest BCUT2D eigenvalue weighted by atomic mass is 127. The molecule has 144 valence electrons.